The number of hydrogen-bond donors (Lipinski definition) is 1. The van der Waals surface area contributed by atoms with Crippen LogP contribution in [0.1, 0.15) is 16.2 Å². The van der Waals surface area contributed by atoms with E-state index in [1.807, 2.05) is 36.4 Å². The predicted molar refractivity (Wildman–Crippen MR) is 94.3 cm³/mol. The number of nitrogens with one attached hydrogen (secondary N) is 1. The van der Waals surface area contributed by atoms with Crippen molar-refractivity contribution in [3.63, 3.8) is 0 Å². The molecule has 0 radical (unpaired) electrons. The van der Waals surface area contributed by atoms with Crippen LogP contribution in [0.4, 0.5) is 0 Å². The summed E-state index contributed by atoms with van der Waals surface area (Å²) in [6.45, 7) is 0.243. The standard InChI is InChI=1S/C19H13ClN2O3/c20-14-7-5-12(6-8-14)17-10-15(22-25-17)11-21-19(23)18-9-13-3-1-2-4-16(13)24-18/h1-10H,11H2,(H,21,23). The van der Waals surface area contributed by atoms with Gasteiger partial charge >= 0.3 is 0 Å². The van der Waals surface area contributed by atoms with Crippen LogP contribution in [0.25, 0.3) is 22.3 Å². The van der Waals surface area contributed by atoms with Gasteiger partial charge in [-0.3, -0.25) is 4.79 Å². The van der Waals surface area contributed by atoms with E-state index < -0.39 is 0 Å². The number of hydrogen-bond acceptors (Lipinski definition) is 4. The molecule has 2 heterocycles. The third-order valence-electron chi connectivity index (χ3n) is 3.77. The van der Waals surface area contributed by atoms with E-state index in [0.717, 1.165) is 10.9 Å². The lowest BCUT2D eigenvalue weighted by molar-refractivity contribution is 0.0924. The van der Waals surface area contributed by atoms with Gasteiger partial charge < -0.3 is 14.3 Å². The summed E-state index contributed by atoms with van der Waals surface area (Å²) in [5, 5.41) is 8.29. The van der Waals surface area contributed by atoms with E-state index in [4.69, 9.17) is 20.5 Å². The Labute approximate surface area is 148 Å². The molecular formula is C19H13ClN2O3. The molecule has 0 fully saturated rings. The van der Waals surface area contributed by atoms with Crippen LogP contribution in [0.15, 0.2) is 69.6 Å². The fraction of sp³-hybridized carbons (Fsp3) is 0.0526. The second-order valence-electron chi connectivity index (χ2n) is 5.52. The lowest BCUT2D eigenvalue weighted by Gasteiger charge is -1.98. The Morgan fingerprint density at radius 2 is 1.88 bits per heavy atom. The van der Waals surface area contributed by atoms with E-state index in [1.54, 1.807) is 24.3 Å². The molecule has 0 saturated heterocycles. The van der Waals surface area contributed by atoms with Crippen LogP contribution in [-0.2, 0) is 6.54 Å². The highest BCUT2D eigenvalue weighted by atomic mass is 35.5. The first-order valence-corrected chi connectivity index (χ1v) is 8.05. The van der Waals surface area contributed by atoms with Crippen molar-refractivity contribution in [2.45, 2.75) is 6.54 Å². The summed E-state index contributed by atoms with van der Waals surface area (Å²) in [6.07, 6.45) is 0. The van der Waals surface area contributed by atoms with Crippen molar-refractivity contribution in [2.75, 3.05) is 0 Å². The molecule has 4 aromatic rings. The minimum atomic E-state index is -0.299. The first-order valence-electron chi connectivity index (χ1n) is 7.67. The summed E-state index contributed by atoms with van der Waals surface area (Å²) in [5.74, 6) is 0.583. The van der Waals surface area contributed by atoms with Crippen molar-refractivity contribution in [3.05, 3.63) is 77.1 Å². The molecule has 25 heavy (non-hydrogen) atoms. The van der Waals surface area contributed by atoms with Gasteiger partial charge in [-0.2, -0.15) is 0 Å². The molecule has 0 aliphatic rings. The summed E-state index contributed by atoms with van der Waals surface area (Å²) in [6, 6.07) is 18.2. The fourth-order valence-corrected chi connectivity index (χ4v) is 2.62. The maximum Gasteiger partial charge on any atom is 0.287 e. The normalized spacial score (nSPS) is 10.9. The molecule has 0 spiro atoms. The van der Waals surface area contributed by atoms with Crippen LogP contribution >= 0.6 is 11.6 Å². The second kappa shape index (κ2) is 6.45. The molecular weight excluding hydrogens is 340 g/mol. The van der Waals surface area contributed by atoms with E-state index >= 15 is 0 Å². The van der Waals surface area contributed by atoms with Gasteiger partial charge in [-0.15, -0.1) is 0 Å². The molecule has 5 nitrogen and oxygen atoms in total. The topological polar surface area (TPSA) is 68.3 Å². The number of carbonyl (C=O) groups is 1. The SMILES string of the molecule is O=C(NCc1cc(-c2ccc(Cl)cc2)on1)c1cc2ccccc2o1. The van der Waals surface area contributed by atoms with Crippen molar-refractivity contribution in [1.82, 2.24) is 10.5 Å². The van der Waals surface area contributed by atoms with Crippen LogP contribution in [0.3, 0.4) is 0 Å². The second-order valence-corrected chi connectivity index (χ2v) is 5.96. The minimum Gasteiger partial charge on any atom is -0.451 e. The Hall–Kier alpha value is -3.05. The van der Waals surface area contributed by atoms with Gasteiger partial charge in [0.05, 0.1) is 6.54 Å². The molecule has 0 unspecified atom stereocenters. The third-order valence-corrected chi connectivity index (χ3v) is 4.02. The quantitative estimate of drug-likeness (QED) is 0.579. The van der Waals surface area contributed by atoms with Crippen molar-refractivity contribution in [3.8, 4) is 11.3 Å². The van der Waals surface area contributed by atoms with E-state index in [2.05, 4.69) is 10.5 Å². The summed E-state index contributed by atoms with van der Waals surface area (Å²) < 4.78 is 10.8. The van der Waals surface area contributed by atoms with Gasteiger partial charge in [-0.1, -0.05) is 35.0 Å². The van der Waals surface area contributed by atoms with Crippen LogP contribution in [0.2, 0.25) is 5.02 Å². The molecule has 1 amide bonds. The Kier molecular flexibility index (Phi) is 3.99. The molecule has 1 N–H and O–H groups in total. The fourth-order valence-electron chi connectivity index (χ4n) is 2.50. The van der Waals surface area contributed by atoms with Crippen molar-refractivity contribution in [1.29, 1.82) is 0 Å². The lowest BCUT2D eigenvalue weighted by atomic mass is 10.1. The molecule has 4 rings (SSSR count). The summed E-state index contributed by atoms with van der Waals surface area (Å²) in [5.41, 5.74) is 2.17. The van der Waals surface area contributed by atoms with Crippen molar-refractivity contribution < 1.29 is 13.7 Å². The molecule has 0 aliphatic heterocycles. The van der Waals surface area contributed by atoms with E-state index in [-0.39, 0.29) is 18.2 Å². The van der Waals surface area contributed by atoms with E-state index in [9.17, 15) is 4.79 Å². The van der Waals surface area contributed by atoms with Crippen LogP contribution in [0, 0.1) is 0 Å². The number of benzene rings is 2. The Morgan fingerprint density at radius 1 is 1.08 bits per heavy atom. The summed E-state index contributed by atoms with van der Waals surface area (Å²) >= 11 is 5.87. The minimum absolute atomic E-state index is 0.243. The number of fused-ring (bicyclic) bond motifs is 1. The highest BCUT2D eigenvalue weighted by Crippen LogP contribution is 2.22. The number of nitrogens with zero attached hydrogens (tertiary/aromatic N) is 1. The molecule has 0 atom stereocenters. The molecule has 0 aliphatic carbocycles. The van der Waals surface area contributed by atoms with Gasteiger partial charge in [0.25, 0.3) is 5.91 Å². The molecule has 2 aromatic heterocycles. The highest BCUT2D eigenvalue weighted by molar-refractivity contribution is 6.30. The first kappa shape index (κ1) is 15.5. The average molecular weight is 353 g/mol. The summed E-state index contributed by atoms with van der Waals surface area (Å²) in [7, 11) is 0. The monoisotopic (exact) mass is 352 g/mol. The Bertz CT molecular complexity index is 1000. The third kappa shape index (κ3) is 3.27. The van der Waals surface area contributed by atoms with Gasteiger partial charge in [0.2, 0.25) is 0 Å². The summed E-state index contributed by atoms with van der Waals surface area (Å²) in [4.78, 5) is 12.2. The van der Waals surface area contributed by atoms with Crippen molar-refractivity contribution >= 4 is 28.5 Å². The van der Waals surface area contributed by atoms with Crippen molar-refractivity contribution in [2.24, 2.45) is 0 Å². The van der Waals surface area contributed by atoms with Crippen LogP contribution in [0.5, 0.6) is 0 Å². The number of amides is 1. The predicted octanol–water partition coefficient (Wildman–Crippen LogP) is 4.67. The average Bonchev–Trinajstić information content (AvgIpc) is 3.27. The number of rotatable bonds is 4. The molecule has 124 valence electrons. The van der Waals surface area contributed by atoms with Gasteiger partial charge in [0, 0.05) is 22.0 Å². The zero-order valence-corrected chi connectivity index (χ0v) is 13.8. The first-order chi connectivity index (χ1) is 12.2. The molecule has 0 saturated carbocycles. The lowest BCUT2D eigenvalue weighted by Crippen LogP contribution is -2.22. The van der Waals surface area contributed by atoms with E-state index in [0.29, 0.717) is 22.1 Å². The highest BCUT2D eigenvalue weighted by Gasteiger charge is 2.13. The number of furan rings is 1. The molecule has 0 bridgehead atoms. The Morgan fingerprint density at radius 3 is 2.68 bits per heavy atom. The van der Waals surface area contributed by atoms with Gasteiger partial charge in [-0.05, 0) is 36.4 Å². The molecule has 6 heteroatoms. The number of para-hydroxylation sites is 1. The number of aromatic nitrogens is 1. The van der Waals surface area contributed by atoms with Gasteiger partial charge in [0.15, 0.2) is 11.5 Å². The number of halogens is 1. The Balaban J connectivity index is 1.44. The van der Waals surface area contributed by atoms with Gasteiger partial charge in [-0.25, -0.2) is 0 Å². The largest absolute Gasteiger partial charge is 0.451 e. The van der Waals surface area contributed by atoms with Crippen LogP contribution < -0.4 is 5.32 Å². The maximum absolute atomic E-state index is 12.2. The van der Waals surface area contributed by atoms with Gasteiger partial charge in [0.1, 0.15) is 11.3 Å². The number of carbonyl (C=O) groups excluding carboxylic acids is 1. The zero-order valence-electron chi connectivity index (χ0n) is 13.0. The zero-order chi connectivity index (χ0) is 17.2. The molecule has 2 aromatic carbocycles. The smallest absolute Gasteiger partial charge is 0.287 e. The maximum atomic E-state index is 12.2. The van der Waals surface area contributed by atoms with Crippen LogP contribution in [-0.4, -0.2) is 11.1 Å². The van der Waals surface area contributed by atoms with E-state index in [1.165, 1.54) is 0 Å².